The van der Waals surface area contributed by atoms with Crippen molar-refractivity contribution < 1.29 is 0 Å². The van der Waals surface area contributed by atoms with E-state index in [2.05, 4.69) is 45.6 Å². The largest absolute Gasteiger partial charge is 0.271 e. The average Bonchev–Trinajstić information content (AvgIpc) is 2.44. The Hall–Kier alpha value is -0.870. The highest BCUT2D eigenvalue weighted by Gasteiger charge is 2.21. The van der Waals surface area contributed by atoms with E-state index in [1.165, 1.54) is 24.8 Å². The van der Waals surface area contributed by atoms with Gasteiger partial charge in [0.15, 0.2) is 0 Å². The molecule has 0 spiro atoms. The van der Waals surface area contributed by atoms with E-state index in [0.29, 0.717) is 5.02 Å². The summed E-state index contributed by atoms with van der Waals surface area (Å²) < 4.78 is 0.882. The van der Waals surface area contributed by atoms with E-state index in [1.54, 1.807) is 0 Å². The molecule has 3 rings (SSSR count). The zero-order chi connectivity index (χ0) is 14.8. The van der Waals surface area contributed by atoms with Crippen LogP contribution < -0.4 is 11.3 Å². The van der Waals surface area contributed by atoms with Gasteiger partial charge in [0.05, 0.1) is 11.1 Å². The van der Waals surface area contributed by atoms with Crippen molar-refractivity contribution in [3.05, 3.63) is 68.7 Å². The number of benzene rings is 2. The second kappa shape index (κ2) is 6.49. The van der Waals surface area contributed by atoms with E-state index in [9.17, 15) is 0 Å². The molecular formula is C17H18BrClN2. The molecule has 1 aliphatic carbocycles. The van der Waals surface area contributed by atoms with Gasteiger partial charge in [0.1, 0.15) is 0 Å². The predicted octanol–water partition coefficient (Wildman–Crippen LogP) is 4.92. The molecule has 0 radical (unpaired) electrons. The van der Waals surface area contributed by atoms with Crippen molar-refractivity contribution in [1.82, 2.24) is 5.43 Å². The van der Waals surface area contributed by atoms with Gasteiger partial charge in [-0.15, -0.1) is 0 Å². The van der Waals surface area contributed by atoms with E-state index in [-0.39, 0.29) is 6.04 Å². The molecule has 4 heteroatoms. The lowest BCUT2D eigenvalue weighted by atomic mass is 9.79. The van der Waals surface area contributed by atoms with Crippen molar-refractivity contribution in [2.75, 3.05) is 0 Å². The summed E-state index contributed by atoms with van der Waals surface area (Å²) in [5, 5.41) is 0.698. The minimum absolute atomic E-state index is 0.106. The lowest BCUT2D eigenvalue weighted by Gasteiger charge is -2.26. The monoisotopic (exact) mass is 364 g/mol. The fourth-order valence-corrected chi connectivity index (χ4v) is 3.43. The average molecular weight is 366 g/mol. The summed E-state index contributed by atoms with van der Waals surface area (Å²) in [7, 11) is 0. The van der Waals surface area contributed by atoms with E-state index < -0.39 is 0 Å². The zero-order valence-electron chi connectivity index (χ0n) is 11.7. The Morgan fingerprint density at radius 1 is 1.14 bits per heavy atom. The van der Waals surface area contributed by atoms with Crippen LogP contribution in [0.1, 0.15) is 47.9 Å². The van der Waals surface area contributed by atoms with Gasteiger partial charge in [0.2, 0.25) is 0 Å². The molecule has 0 heterocycles. The van der Waals surface area contributed by atoms with Crippen LogP contribution in [-0.4, -0.2) is 0 Å². The Balaban J connectivity index is 1.90. The summed E-state index contributed by atoms with van der Waals surface area (Å²) in [6.07, 6.45) is 3.98. The Labute approximate surface area is 138 Å². The van der Waals surface area contributed by atoms with Crippen molar-refractivity contribution in [3.8, 4) is 0 Å². The zero-order valence-corrected chi connectivity index (χ0v) is 14.0. The number of halogens is 2. The van der Waals surface area contributed by atoms with Gasteiger partial charge in [0, 0.05) is 4.47 Å². The fraction of sp³-hybridized carbons (Fsp3) is 0.294. The van der Waals surface area contributed by atoms with E-state index >= 15 is 0 Å². The molecule has 1 atom stereocenters. The first-order valence-corrected chi connectivity index (χ1v) is 8.37. The normalized spacial score (nSPS) is 16.5. The van der Waals surface area contributed by atoms with E-state index in [4.69, 9.17) is 17.4 Å². The number of hydrogen-bond acceptors (Lipinski definition) is 2. The fourth-order valence-electron chi connectivity index (χ4n) is 2.81. The molecule has 2 aromatic carbocycles. The maximum Gasteiger partial charge on any atom is 0.0724 e. The Bertz CT molecular complexity index is 623. The summed E-state index contributed by atoms with van der Waals surface area (Å²) in [5.41, 5.74) is 6.41. The number of nitrogens with one attached hydrogen (secondary N) is 1. The molecule has 1 saturated carbocycles. The van der Waals surface area contributed by atoms with Crippen LogP contribution in [0.25, 0.3) is 0 Å². The van der Waals surface area contributed by atoms with E-state index in [0.717, 1.165) is 21.5 Å². The lowest BCUT2D eigenvalue weighted by molar-refractivity contribution is 0.419. The molecule has 1 fully saturated rings. The van der Waals surface area contributed by atoms with Crippen LogP contribution in [0.2, 0.25) is 5.02 Å². The van der Waals surface area contributed by atoms with Crippen molar-refractivity contribution in [3.63, 3.8) is 0 Å². The number of hydrogen-bond donors (Lipinski definition) is 2. The quantitative estimate of drug-likeness (QED) is 0.596. The third-order valence-electron chi connectivity index (χ3n) is 4.31. The molecule has 21 heavy (non-hydrogen) atoms. The van der Waals surface area contributed by atoms with Crippen molar-refractivity contribution in [1.29, 1.82) is 0 Å². The molecule has 0 saturated heterocycles. The Morgan fingerprint density at radius 2 is 1.86 bits per heavy atom. The summed E-state index contributed by atoms with van der Waals surface area (Å²) >= 11 is 9.85. The molecule has 3 N–H and O–H groups in total. The first kappa shape index (κ1) is 15.0. The smallest absolute Gasteiger partial charge is 0.0724 e. The van der Waals surface area contributed by atoms with Gasteiger partial charge in [-0.1, -0.05) is 54.4 Å². The second-order valence-corrected chi connectivity index (χ2v) is 6.77. The van der Waals surface area contributed by atoms with Crippen LogP contribution in [-0.2, 0) is 0 Å². The summed E-state index contributed by atoms with van der Waals surface area (Å²) in [6.45, 7) is 0. The SMILES string of the molecule is NNC(c1ccc(C2CCC2)cc1)c1cccc(Br)c1Cl. The van der Waals surface area contributed by atoms with Crippen LogP contribution >= 0.6 is 27.5 Å². The highest BCUT2D eigenvalue weighted by Crippen LogP contribution is 2.37. The molecule has 2 aromatic rings. The molecule has 0 amide bonds. The second-order valence-electron chi connectivity index (χ2n) is 5.54. The van der Waals surface area contributed by atoms with Gasteiger partial charge in [-0.25, -0.2) is 5.43 Å². The minimum Gasteiger partial charge on any atom is -0.271 e. The third kappa shape index (κ3) is 3.02. The van der Waals surface area contributed by atoms with E-state index in [1.807, 2.05) is 18.2 Å². The van der Waals surface area contributed by atoms with Crippen LogP contribution in [0.5, 0.6) is 0 Å². The van der Waals surface area contributed by atoms with Crippen molar-refractivity contribution in [2.24, 2.45) is 5.84 Å². The van der Waals surface area contributed by atoms with Gasteiger partial charge in [-0.05, 0) is 57.4 Å². The van der Waals surface area contributed by atoms with Crippen molar-refractivity contribution in [2.45, 2.75) is 31.2 Å². The minimum atomic E-state index is -0.106. The van der Waals surface area contributed by atoms with Gasteiger partial charge in [-0.3, -0.25) is 5.84 Å². The number of rotatable bonds is 4. The van der Waals surface area contributed by atoms with Crippen LogP contribution in [0.4, 0.5) is 0 Å². The lowest BCUT2D eigenvalue weighted by Crippen LogP contribution is -2.29. The highest BCUT2D eigenvalue weighted by molar-refractivity contribution is 9.10. The third-order valence-corrected chi connectivity index (χ3v) is 5.62. The topological polar surface area (TPSA) is 38.0 Å². The van der Waals surface area contributed by atoms with Crippen LogP contribution in [0.3, 0.4) is 0 Å². The first-order valence-electron chi connectivity index (χ1n) is 7.20. The van der Waals surface area contributed by atoms with Crippen LogP contribution in [0.15, 0.2) is 46.9 Å². The molecule has 110 valence electrons. The van der Waals surface area contributed by atoms with Gasteiger partial charge in [0.25, 0.3) is 0 Å². The van der Waals surface area contributed by atoms with Gasteiger partial charge >= 0.3 is 0 Å². The molecule has 1 unspecified atom stereocenters. The summed E-state index contributed by atoms with van der Waals surface area (Å²) in [5.74, 6) is 6.51. The first-order chi connectivity index (χ1) is 10.2. The van der Waals surface area contributed by atoms with Crippen molar-refractivity contribution >= 4 is 27.5 Å². The van der Waals surface area contributed by atoms with Gasteiger partial charge < -0.3 is 0 Å². The molecule has 1 aliphatic rings. The number of nitrogens with two attached hydrogens (primary N) is 1. The molecule has 0 bridgehead atoms. The number of hydrazine groups is 1. The molecule has 0 aliphatic heterocycles. The standard InChI is InChI=1S/C17H18BrClN2/c18-15-6-2-5-14(16(15)19)17(21-20)13-9-7-12(8-10-13)11-3-1-4-11/h2,5-11,17,21H,1,3-4,20H2. The summed E-state index contributed by atoms with van der Waals surface area (Å²) in [6, 6.07) is 14.5. The molecule has 2 nitrogen and oxygen atoms in total. The maximum absolute atomic E-state index is 6.39. The highest BCUT2D eigenvalue weighted by atomic mass is 79.9. The Morgan fingerprint density at radius 3 is 2.43 bits per heavy atom. The molecule has 0 aromatic heterocycles. The Kier molecular flexibility index (Phi) is 4.65. The molecular weight excluding hydrogens is 348 g/mol. The predicted molar refractivity (Wildman–Crippen MR) is 91.4 cm³/mol. The van der Waals surface area contributed by atoms with Gasteiger partial charge in [-0.2, -0.15) is 0 Å². The maximum atomic E-state index is 6.39. The summed E-state index contributed by atoms with van der Waals surface area (Å²) in [4.78, 5) is 0. The van der Waals surface area contributed by atoms with Crippen LogP contribution in [0, 0.1) is 0 Å².